The Morgan fingerprint density at radius 3 is 2.93 bits per heavy atom. The Hall–Kier alpha value is -1.08. The van der Waals surface area contributed by atoms with E-state index in [2.05, 4.69) is 18.2 Å². The molecule has 2 rings (SSSR count). The maximum atomic E-state index is 9.96. The van der Waals surface area contributed by atoms with Crippen LogP contribution in [-0.2, 0) is 0 Å². The molecule has 0 amide bonds. The molecule has 1 aliphatic carbocycles. The minimum atomic E-state index is -0.283. The van der Waals surface area contributed by atoms with E-state index in [0.717, 1.165) is 24.8 Å². The minimum Gasteiger partial charge on any atom is -0.388 e. The molecule has 74 valence electrons. The predicted octanol–water partition coefficient (Wildman–Crippen LogP) is 3.31. The first-order valence-electron chi connectivity index (χ1n) is 5.31. The summed E-state index contributed by atoms with van der Waals surface area (Å²) in [5.41, 5.74) is 2.24. The largest absolute Gasteiger partial charge is 0.388 e. The molecule has 1 aromatic rings. The van der Waals surface area contributed by atoms with Gasteiger partial charge in [-0.05, 0) is 30.4 Å². The van der Waals surface area contributed by atoms with E-state index in [0.29, 0.717) is 0 Å². The van der Waals surface area contributed by atoms with Crippen molar-refractivity contribution < 1.29 is 5.11 Å². The summed E-state index contributed by atoms with van der Waals surface area (Å²) in [5.74, 6) is 0. The van der Waals surface area contributed by atoms with Crippen molar-refractivity contribution in [3.8, 4) is 0 Å². The fourth-order valence-corrected chi connectivity index (χ4v) is 1.93. The summed E-state index contributed by atoms with van der Waals surface area (Å²) in [7, 11) is 0. The Morgan fingerprint density at radius 2 is 2.00 bits per heavy atom. The lowest BCUT2D eigenvalue weighted by atomic mass is 9.99. The summed E-state index contributed by atoms with van der Waals surface area (Å²) in [5, 5.41) is 9.96. The molecule has 0 radical (unpaired) electrons. The van der Waals surface area contributed by atoms with Gasteiger partial charge in [0.25, 0.3) is 0 Å². The lowest BCUT2D eigenvalue weighted by Crippen LogP contribution is -1.98. The number of hydrogen-bond donors (Lipinski definition) is 1. The van der Waals surface area contributed by atoms with Gasteiger partial charge in [-0.25, -0.2) is 0 Å². The number of fused-ring (bicyclic) bond motifs is 1. The summed E-state index contributed by atoms with van der Waals surface area (Å²) in [6.07, 6.45) is 8.36. The van der Waals surface area contributed by atoms with E-state index < -0.39 is 0 Å². The number of allylic oxidation sites excluding steroid dienone is 1. The van der Waals surface area contributed by atoms with Crippen molar-refractivity contribution in [3.05, 3.63) is 41.5 Å². The summed E-state index contributed by atoms with van der Waals surface area (Å²) in [6.45, 7) is 0. The van der Waals surface area contributed by atoms with Gasteiger partial charge in [-0.3, -0.25) is 0 Å². The van der Waals surface area contributed by atoms with E-state index in [1.807, 2.05) is 18.2 Å². The molecule has 14 heavy (non-hydrogen) atoms. The van der Waals surface area contributed by atoms with Gasteiger partial charge in [0, 0.05) is 0 Å². The smallest absolute Gasteiger partial charge is 0.0795 e. The highest BCUT2D eigenvalue weighted by Gasteiger charge is 2.10. The zero-order chi connectivity index (χ0) is 9.80. The van der Waals surface area contributed by atoms with Gasteiger partial charge in [-0.15, -0.1) is 0 Å². The third-order valence-electron chi connectivity index (χ3n) is 2.75. The second-order valence-corrected chi connectivity index (χ2v) is 3.83. The van der Waals surface area contributed by atoms with Crippen molar-refractivity contribution in [2.45, 2.75) is 31.8 Å². The van der Waals surface area contributed by atoms with Crippen LogP contribution in [0.15, 0.2) is 30.3 Å². The quantitative estimate of drug-likeness (QED) is 0.662. The Labute approximate surface area is 85.1 Å². The highest BCUT2D eigenvalue weighted by atomic mass is 16.3. The highest BCUT2D eigenvalue weighted by molar-refractivity contribution is 5.54. The van der Waals surface area contributed by atoms with Crippen LogP contribution in [0.25, 0.3) is 6.08 Å². The first-order chi connectivity index (χ1) is 6.88. The lowest BCUT2D eigenvalue weighted by molar-refractivity contribution is 0.164. The lowest BCUT2D eigenvalue weighted by Gasteiger charge is -2.12. The Balaban J connectivity index is 2.36. The molecule has 1 heteroatoms. The molecule has 1 N–H and O–H groups in total. The third-order valence-corrected chi connectivity index (χ3v) is 2.75. The molecular weight excluding hydrogens is 172 g/mol. The Kier molecular flexibility index (Phi) is 3.00. The second-order valence-electron chi connectivity index (χ2n) is 3.83. The van der Waals surface area contributed by atoms with Gasteiger partial charge >= 0.3 is 0 Å². The highest BCUT2D eigenvalue weighted by Crippen LogP contribution is 2.25. The first-order valence-corrected chi connectivity index (χ1v) is 5.31. The third kappa shape index (κ3) is 2.05. The van der Waals surface area contributed by atoms with Gasteiger partial charge in [0.05, 0.1) is 6.10 Å². The van der Waals surface area contributed by atoms with Crippen LogP contribution in [0.1, 0.15) is 42.9 Å². The normalized spacial score (nSPS) is 24.2. The van der Waals surface area contributed by atoms with Crippen LogP contribution in [0, 0.1) is 0 Å². The van der Waals surface area contributed by atoms with Gasteiger partial charge < -0.3 is 5.11 Å². The second kappa shape index (κ2) is 4.43. The SMILES string of the molecule is O[C@@H]1CCCC/C=C\c2ccccc21. The molecular formula is C13H16O. The summed E-state index contributed by atoms with van der Waals surface area (Å²) >= 11 is 0. The van der Waals surface area contributed by atoms with E-state index in [1.54, 1.807) is 0 Å². The van der Waals surface area contributed by atoms with E-state index in [9.17, 15) is 5.11 Å². The molecule has 0 spiro atoms. The summed E-state index contributed by atoms with van der Waals surface area (Å²) < 4.78 is 0. The van der Waals surface area contributed by atoms with Gasteiger partial charge in [0.1, 0.15) is 0 Å². The van der Waals surface area contributed by atoms with Crippen LogP contribution in [0.2, 0.25) is 0 Å². The molecule has 1 nitrogen and oxygen atoms in total. The number of aliphatic hydroxyl groups excluding tert-OH is 1. The summed E-state index contributed by atoms with van der Waals surface area (Å²) in [4.78, 5) is 0. The molecule has 1 aromatic carbocycles. The molecule has 0 aromatic heterocycles. The Bertz CT molecular complexity index is 328. The van der Waals surface area contributed by atoms with Gasteiger partial charge in [0.15, 0.2) is 0 Å². The monoisotopic (exact) mass is 188 g/mol. The zero-order valence-corrected chi connectivity index (χ0v) is 8.32. The average molecular weight is 188 g/mol. The number of benzene rings is 1. The van der Waals surface area contributed by atoms with Crippen molar-refractivity contribution in [1.82, 2.24) is 0 Å². The molecule has 1 aliphatic rings. The fourth-order valence-electron chi connectivity index (χ4n) is 1.93. The first kappa shape index (κ1) is 9.47. The maximum absolute atomic E-state index is 9.96. The van der Waals surface area contributed by atoms with Crippen molar-refractivity contribution in [3.63, 3.8) is 0 Å². The molecule has 1 atom stereocenters. The maximum Gasteiger partial charge on any atom is 0.0795 e. The zero-order valence-electron chi connectivity index (χ0n) is 8.32. The standard InChI is InChI=1S/C13H16O/c14-13-10-4-2-1-3-7-11-8-5-6-9-12(11)13/h3,5-9,13-14H,1-2,4,10H2/b7-3-/t13-/m1/s1. The predicted molar refractivity (Wildman–Crippen MR) is 58.9 cm³/mol. The van der Waals surface area contributed by atoms with Crippen molar-refractivity contribution >= 4 is 6.08 Å². The Morgan fingerprint density at radius 1 is 1.14 bits per heavy atom. The van der Waals surface area contributed by atoms with Gasteiger partial charge in [-0.2, -0.15) is 0 Å². The molecule has 0 bridgehead atoms. The van der Waals surface area contributed by atoms with Crippen LogP contribution in [0.4, 0.5) is 0 Å². The van der Waals surface area contributed by atoms with E-state index >= 15 is 0 Å². The molecule has 0 unspecified atom stereocenters. The van der Waals surface area contributed by atoms with Crippen molar-refractivity contribution in [2.24, 2.45) is 0 Å². The minimum absolute atomic E-state index is 0.283. The van der Waals surface area contributed by atoms with E-state index in [1.165, 1.54) is 12.0 Å². The number of hydrogen-bond acceptors (Lipinski definition) is 1. The van der Waals surface area contributed by atoms with Crippen molar-refractivity contribution in [2.75, 3.05) is 0 Å². The van der Waals surface area contributed by atoms with Gasteiger partial charge in [-0.1, -0.05) is 42.8 Å². The van der Waals surface area contributed by atoms with Crippen LogP contribution >= 0.6 is 0 Å². The summed E-state index contributed by atoms with van der Waals surface area (Å²) in [6, 6.07) is 8.11. The molecule has 0 saturated carbocycles. The molecule has 0 aliphatic heterocycles. The number of aliphatic hydroxyl groups is 1. The molecule has 0 saturated heterocycles. The van der Waals surface area contributed by atoms with Crippen LogP contribution in [0.5, 0.6) is 0 Å². The van der Waals surface area contributed by atoms with Crippen LogP contribution in [0.3, 0.4) is 0 Å². The van der Waals surface area contributed by atoms with E-state index in [-0.39, 0.29) is 6.10 Å². The molecule has 0 fully saturated rings. The average Bonchev–Trinajstić information content (AvgIpc) is 2.30. The molecule has 0 heterocycles. The fraction of sp³-hybridized carbons (Fsp3) is 0.385. The number of rotatable bonds is 0. The van der Waals surface area contributed by atoms with Crippen LogP contribution in [-0.4, -0.2) is 5.11 Å². The topological polar surface area (TPSA) is 20.2 Å². The van der Waals surface area contributed by atoms with E-state index in [4.69, 9.17) is 0 Å². The van der Waals surface area contributed by atoms with Gasteiger partial charge in [0.2, 0.25) is 0 Å². The van der Waals surface area contributed by atoms with Crippen LogP contribution < -0.4 is 0 Å². The van der Waals surface area contributed by atoms with Crippen molar-refractivity contribution in [1.29, 1.82) is 0 Å².